The van der Waals surface area contributed by atoms with E-state index < -0.39 is 0 Å². The molecule has 0 saturated carbocycles. The minimum atomic E-state index is -0.0818. The average molecular weight is 398 g/mol. The van der Waals surface area contributed by atoms with E-state index >= 15 is 0 Å². The summed E-state index contributed by atoms with van der Waals surface area (Å²) in [5, 5.41) is 3.52. The van der Waals surface area contributed by atoms with Crippen molar-refractivity contribution in [2.45, 2.75) is 34.1 Å². The fraction of sp³-hybridized carbons (Fsp3) is 0.364. The highest BCUT2D eigenvalue weighted by Gasteiger charge is 2.30. The van der Waals surface area contributed by atoms with Crippen molar-refractivity contribution in [3.8, 4) is 5.69 Å². The second-order valence-corrected chi connectivity index (χ2v) is 7.38. The summed E-state index contributed by atoms with van der Waals surface area (Å²) in [4.78, 5) is 14.4. The highest BCUT2D eigenvalue weighted by atomic mass is 32.1. The lowest BCUT2D eigenvalue weighted by Gasteiger charge is -2.13. The first-order valence-electron chi connectivity index (χ1n) is 9.60. The van der Waals surface area contributed by atoms with E-state index in [1.54, 1.807) is 4.90 Å². The first-order valence-corrected chi connectivity index (χ1v) is 10.0. The molecule has 1 aliphatic heterocycles. The molecule has 1 aromatic heterocycles. The predicted octanol–water partition coefficient (Wildman–Crippen LogP) is 3.89. The summed E-state index contributed by atoms with van der Waals surface area (Å²) < 4.78 is 7.55. The number of nitrogens with one attached hydrogen (secondary N) is 1. The second kappa shape index (κ2) is 8.71. The highest BCUT2D eigenvalue weighted by Crippen LogP contribution is 2.24. The average Bonchev–Trinajstić information content (AvgIpc) is 3.09. The molecule has 0 unspecified atom stereocenters. The number of rotatable bonds is 7. The van der Waals surface area contributed by atoms with Crippen LogP contribution in [0.3, 0.4) is 0 Å². The van der Waals surface area contributed by atoms with E-state index in [1.165, 1.54) is 5.56 Å². The van der Waals surface area contributed by atoms with E-state index in [4.69, 9.17) is 17.0 Å². The van der Waals surface area contributed by atoms with Gasteiger partial charge in [0.2, 0.25) is 0 Å². The van der Waals surface area contributed by atoms with E-state index in [2.05, 4.69) is 61.0 Å². The summed E-state index contributed by atoms with van der Waals surface area (Å²) in [5.41, 5.74) is 6.08. The first-order chi connectivity index (χ1) is 13.4. The minimum Gasteiger partial charge on any atom is -0.382 e. The quantitative estimate of drug-likeness (QED) is 0.437. The Bertz CT molecular complexity index is 913. The fourth-order valence-electron chi connectivity index (χ4n) is 3.42. The molecule has 148 valence electrons. The molecule has 6 heteroatoms. The maximum absolute atomic E-state index is 12.8. The van der Waals surface area contributed by atoms with Gasteiger partial charge in [-0.1, -0.05) is 17.7 Å². The SMILES string of the molecule is CCOCCCN1C(=O)/C(=C\c2cc(C)n(-c3ccc(C)cc3)c2C)NC1=S. The van der Waals surface area contributed by atoms with Gasteiger partial charge in [0.25, 0.3) is 5.91 Å². The van der Waals surface area contributed by atoms with E-state index in [9.17, 15) is 4.79 Å². The van der Waals surface area contributed by atoms with Crippen molar-refractivity contribution in [1.29, 1.82) is 0 Å². The number of carbonyl (C=O) groups excluding carboxylic acids is 1. The molecular weight excluding hydrogens is 370 g/mol. The number of carbonyl (C=O) groups is 1. The van der Waals surface area contributed by atoms with Crippen LogP contribution in [0.5, 0.6) is 0 Å². The zero-order valence-corrected chi connectivity index (χ0v) is 17.7. The molecule has 1 aliphatic rings. The Morgan fingerprint density at radius 3 is 2.57 bits per heavy atom. The normalized spacial score (nSPS) is 15.6. The van der Waals surface area contributed by atoms with Crippen LogP contribution in [-0.4, -0.2) is 40.2 Å². The lowest BCUT2D eigenvalue weighted by atomic mass is 10.2. The number of amides is 1. The zero-order chi connectivity index (χ0) is 20.3. The zero-order valence-electron chi connectivity index (χ0n) is 16.9. The molecule has 2 heterocycles. The monoisotopic (exact) mass is 397 g/mol. The molecule has 1 fully saturated rings. The van der Waals surface area contributed by atoms with Crippen LogP contribution in [0.4, 0.5) is 0 Å². The molecule has 0 bridgehead atoms. The van der Waals surface area contributed by atoms with Gasteiger partial charge >= 0.3 is 0 Å². The number of ether oxygens (including phenoxy) is 1. The van der Waals surface area contributed by atoms with Gasteiger partial charge in [-0.2, -0.15) is 0 Å². The molecule has 2 aromatic rings. The van der Waals surface area contributed by atoms with Crippen molar-refractivity contribution in [2.75, 3.05) is 19.8 Å². The third kappa shape index (κ3) is 4.18. The Balaban J connectivity index is 1.82. The van der Waals surface area contributed by atoms with Gasteiger partial charge in [-0.15, -0.1) is 0 Å². The van der Waals surface area contributed by atoms with Crippen LogP contribution in [0, 0.1) is 20.8 Å². The fourth-order valence-corrected chi connectivity index (χ4v) is 3.71. The van der Waals surface area contributed by atoms with E-state index in [0.717, 1.165) is 29.1 Å². The summed E-state index contributed by atoms with van der Waals surface area (Å²) in [6, 6.07) is 10.5. The molecule has 0 spiro atoms. The van der Waals surface area contributed by atoms with Crippen LogP contribution in [0.1, 0.15) is 35.9 Å². The van der Waals surface area contributed by atoms with Crippen molar-refractivity contribution >= 4 is 29.3 Å². The minimum absolute atomic E-state index is 0.0818. The molecule has 1 saturated heterocycles. The van der Waals surface area contributed by atoms with E-state index in [-0.39, 0.29) is 5.91 Å². The number of nitrogens with zero attached hydrogens (tertiary/aromatic N) is 2. The molecule has 1 amide bonds. The summed E-state index contributed by atoms with van der Waals surface area (Å²) in [5.74, 6) is -0.0818. The third-order valence-corrected chi connectivity index (χ3v) is 5.22. The predicted molar refractivity (Wildman–Crippen MR) is 117 cm³/mol. The van der Waals surface area contributed by atoms with Crippen LogP contribution >= 0.6 is 12.2 Å². The van der Waals surface area contributed by atoms with Gasteiger partial charge in [-0.05, 0) is 76.2 Å². The molecule has 5 nitrogen and oxygen atoms in total. The van der Waals surface area contributed by atoms with Gasteiger partial charge in [0.05, 0.1) is 0 Å². The van der Waals surface area contributed by atoms with Gasteiger partial charge in [0.15, 0.2) is 5.11 Å². The highest BCUT2D eigenvalue weighted by molar-refractivity contribution is 7.80. The van der Waals surface area contributed by atoms with Gasteiger partial charge in [-0.3, -0.25) is 9.69 Å². The van der Waals surface area contributed by atoms with Crippen molar-refractivity contribution in [3.05, 3.63) is 58.5 Å². The molecule has 0 radical (unpaired) electrons. The molecule has 1 aromatic carbocycles. The molecular formula is C22H27N3O2S. The van der Waals surface area contributed by atoms with Crippen LogP contribution < -0.4 is 5.32 Å². The molecule has 1 N–H and O–H groups in total. The number of hydrogen-bond acceptors (Lipinski definition) is 3. The Morgan fingerprint density at radius 1 is 1.18 bits per heavy atom. The Kier molecular flexibility index (Phi) is 6.31. The maximum Gasteiger partial charge on any atom is 0.276 e. The summed E-state index contributed by atoms with van der Waals surface area (Å²) in [6.07, 6.45) is 2.65. The van der Waals surface area contributed by atoms with Crippen LogP contribution in [0.2, 0.25) is 0 Å². The standard InChI is InChI=1S/C22H27N3O2S/c1-5-27-12-6-11-24-21(26)20(23-22(24)28)14-18-13-16(3)25(17(18)4)19-9-7-15(2)8-10-19/h7-10,13-14H,5-6,11-12H2,1-4H3,(H,23,28)/b20-14+. The smallest absolute Gasteiger partial charge is 0.276 e. The van der Waals surface area contributed by atoms with Crippen LogP contribution in [-0.2, 0) is 9.53 Å². The van der Waals surface area contributed by atoms with Gasteiger partial charge in [0.1, 0.15) is 5.70 Å². The molecule has 3 rings (SSSR count). The Hall–Kier alpha value is -2.44. The summed E-state index contributed by atoms with van der Waals surface area (Å²) in [6.45, 7) is 10.0. The van der Waals surface area contributed by atoms with Crippen LogP contribution in [0.25, 0.3) is 11.8 Å². The van der Waals surface area contributed by atoms with E-state index in [1.807, 2.05) is 13.0 Å². The van der Waals surface area contributed by atoms with Crippen molar-refractivity contribution < 1.29 is 9.53 Å². The lowest BCUT2D eigenvalue weighted by Crippen LogP contribution is -2.32. The second-order valence-electron chi connectivity index (χ2n) is 6.99. The number of aryl methyl sites for hydroxylation is 2. The summed E-state index contributed by atoms with van der Waals surface area (Å²) in [7, 11) is 0. The van der Waals surface area contributed by atoms with Crippen molar-refractivity contribution in [3.63, 3.8) is 0 Å². The number of benzene rings is 1. The van der Waals surface area contributed by atoms with Gasteiger partial charge in [0, 0.05) is 36.8 Å². The topological polar surface area (TPSA) is 46.5 Å². The molecule has 0 aliphatic carbocycles. The van der Waals surface area contributed by atoms with Crippen molar-refractivity contribution in [2.24, 2.45) is 0 Å². The summed E-state index contributed by atoms with van der Waals surface area (Å²) >= 11 is 5.35. The number of hydrogen-bond donors (Lipinski definition) is 1. The lowest BCUT2D eigenvalue weighted by molar-refractivity contribution is -0.122. The van der Waals surface area contributed by atoms with Crippen molar-refractivity contribution in [1.82, 2.24) is 14.8 Å². The Labute approximate surface area is 172 Å². The first kappa shape index (κ1) is 20.3. The van der Waals surface area contributed by atoms with E-state index in [0.29, 0.717) is 30.6 Å². The van der Waals surface area contributed by atoms with Gasteiger partial charge in [-0.25, -0.2) is 0 Å². The maximum atomic E-state index is 12.8. The molecule has 28 heavy (non-hydrogen) atoms. The number of aromatic nitrogens is 1. The number of thiocarbonyl (C=S) groups is 1. The third-order valence-electron chi connectivity index (χ3n) is 4.90. The van der Waals surface area contributed by atoms with Crippen LogP contribution in [0.15, 0.2) is 36.0 Å². The Morgan fingerprint density at radius 2 is 1.89 bits per heavy atom. The largest absolute Gasteiger partial charge is 0.382 e. The van der Waals surface area contributed by atoms with Gasteiger partial charge < -0.3 is 14.6 Å². The molecule has 0 atom stereocenters.